The Morgan fingerprint density at radius 1 is 1.58 bits per heavy atom. The molecule has 72 valence electrons. The summed E-state index contributed by atoms with van der Waals surface area (Å²) in [6.45, 7) is 7.66. The average Bonchev–Trinajstić information content (AvgIpc) is 2.28. The highest BCUT2D eigenvalue weighted by atomic mass is 16.5. The smallest absolute Gasteiger partial charge is 0.0932 e. The summed E-state index contributed by atoms with van der Waals surface area (Å²) in [7, 11) is 0. The molecule has 0 radical (unpaired) electrons. The quantitative estimate of drug-likeness (QED) is 0.684. The van der Waals surface area contributed by atoms with Gasteiger partial charge in [0.05, 0.1) is 18.8 Å². The van der Waals surface area contributed by atoms with Crippen molar-refractivity contribution in [3.63, 3.8) is 0 Å². The topological polar surface area (TPSA) is 30.5 Å². The minimum atomic E-state index is 0.245. The summed E-state index contributed by atoms with van der Waals surface area (Å²) in [5.74, 6) is 0. The number of hydrogen-bond acceptors (Lipinski definition) is 3. The Hall–Kier alpha value is -0.120. The highest BCUT2D eigenvalue weighted by Crippen LogP contribution is 1.99. The zero-order valence-corrected chi connectivity index (χ0v) is 8.01. The maximum Gasteiger partial charge on any atom is 0.0932 e. The van der Waals surface area contributed by atoms with Crippen molar-refractivity contribution in [2.75, 3.05) is 26.3 Å². The van der Waals surface area contributed by atoms with Crippen LogP contribution in [0.4, 0.5) is 0 Å². The Bertz CT molecular complexity index is 109. The van der Waals surface area contributed by atoms with Gasteiger partial charge in [-0.25, -0.2) is 0 Å². The number of nitrogens with one attached hydrogen (secondary N) is 1. The van der Waals surface area contributed by atoms with Crippen LogP contribution in [0.25, 0.3) is 0 Å². The SMILES string of the molecule is CC(C)OCC1CNCCCO1. The lowest BCUT2D eigenvalue weighted by Gasteiger charge is -2.16. The van der Waals surface area contributed by atoms with E-state index in [4.69, 9.17) is 9.47 Å². The number of hydrogen-bond donors (Lipinski definition) is 1. The summed E-state index contributed by atoms with van der Waals surface area (Å²) in [6, 6.07) is 0. The van der Waals surface area contributed by atoms with Crippen LogP contribution in [0.15, 0.2) is 0 Å². The fourth-order valence-electron chi connectivity index (χ4n) is 1.18. The molecule has 0 saturated carbocycles. The van der Waals surface area contributed by atoms with Crippen LogP contribution in [-0.4, -0.2) is 38.5 Å². The number of rotatable bonds is 3. The molecule has 1 rings (SSSR count). The highest BCUT2D eigenvalue weighted by Gasteiger charge is 2.12. The summed E-state index contributed by atoms with van der Waals surface area (Å²) in [6.07, 6.45) is 1.66. The maximum atomic E-state index is 5.57. The third-order valence-corrected chi connectivity index (χ3v) is 1.84. The fourth-order valence-corrected chi connectivity index (χ4v) is 1.18. The van der Waals surface area contributed by atoms with Crippen molar-refractivity contribution in [2.45, 2.75) is 32.5 Å². The molecule has 0 bridgehead atoms. The van der Waals surface area contributed by atoms with Gasteiger partial charge < -0.3 is 14.8 Å². The van der Waals surface area contributed by atoms with Crippen molar-refractivity contribution in [2.24, 2.45) is 0 Å². The van der Waals surface area contributed by atoms with Crippen LogP contribution in [0, 0.1) is 0 Å². The third kappa shape index (κ3) is 4.04. The third-order valence-electron chi connectivity index (χ3n) is 1.84. The second-order valence-corrected chi connectivity index (χ2v) is 3.43. The van der Waals surface area contributed by atoms with Crippen LogP contribution in [0.1, 0.15) is 20.3 Å². The van der Waals surface area contributed by atoms with E-state index in [1.54, 1.807) is 0 Å². The van der Waals surface area contributed by atoms with Crippen molar-refractivity contribution in [3.05, 3.63) is 0 Å². The minimum Gasteiger partial charge on any atom is -0.376 e. The molecule has 1 aliphatic rings. The molecule has 1 saturated heterocycles. The first-order valence-electron chi connectivity index (χ1n) is 4.73. The predicted octanol–water partition coefficient (Wildman–Crippen LogP) is 0.790. The van der Waals surface area contributed by atoms with Crippen LogP contribution >= 0.6 is 0 Å². The lowest BCUT2D eigenvalue weighted by atomic mass is 10.3. The first-order chi connectivity index (χ1) is 5.79. The molecule has 1 fully saturated rings. The van der Waals surface area contributed by atoms with Crippen molar-refractivity contribution in [1.82, 2.24) is 5.32 Å². The van der Waals surface area contributed by atoms with E-state index >= 15 is 0 Å². The lowest BCUT2D eigenvalue weighted by molar-refractivity contribution is -0.0271. The monoisotopic (exact) mass is 173 g/mol. The standard InChI is InChI=1S/C9H19NO2/c1-8(2)12-7-9-6-10-4-3-5-11-9/h8-10H,3-7H2,1-2H3. The van der Waals surface area contributed by atoms with Gasteiger partial charge in [0.15, 0.2) is 0 Å². The Morgan fingerprint density at radius 2 is 2.42 bits per heavy atom. The van der Waals surface area contributed by atoms with Gasteiger partial charge in [-0.2, -0.15) is 0 Å². The van der Waals surface area contributed by atoms with Gasteiger partial charge in [-0.05, 0) is 26.8 Å². The molecular weight excluding hydrogens is 154 g/mol. The summed E-state index contributed by atoms with van der Waals surface area (Å²) in [5, 5.41) is 3.32. The van der Waals surface area contributed by atoms with E-state index in [-0.39, 0.29) is 6.10 Å². The van der Waals surface area contributed by atoms with Crippen LogP contribution in [0.5, 0.6) is 0 Å². The van der Waals surface area contributed by atoms with Crippen LogP contribution in [0.2, 0.25) is 0 Å². The molecule has 1 unspecified atom stereocenters. The van der Waals surface area contributed by atoms with Crippen molar-refractivity contribution < 1.29 is 9.47 Å². The average molecular weight is 173 g/mol. The Balaban J connectivity index is 2.12. The molecule has 0 spiro atoms. The van der Waals surface area contributed by atoms with E-state index in [1.165, 1.54) is 0 Å². The molecule has 1 N–H and O–H groups in total. The summed E-state index contributed by atoms with van der Waals surface area (Å²) < 4.78 is 11.0. The first-order valence-corrected chi connectivity index (χ1v) is 4.73. The molecule has 0 aromatic carbocycles. The molecule has 12 heavy (non-hydrogen) atoms. The van der Waals surface area contributed by atoms with Crippen LogP contribution < -0.4 is 5.32 Å². The van der Waals surface area contributed by atoms with Gasteiger partial charge in [-0.15, -0.1) is 0 Å². The Kier molecular flexibility index (Phi) is 4.58. The van der Waals surface area contributed by atoms with Crippen LogP contribution in [-0.2, 0) is 9.47 Å². The molecule has 3 heteroatoms. The van der Waals surface area contributed by atoms with Crippen molar-refractivity contribution in [1.29, 1.82) is 0 Å². The summed E-state index contributed by atoms with van der Waals surface area (Å²) in [5.41, 5.74) is 0. The Labute approximate surface area is 74.4 Å². The molecular formula is C9H19NO2. The molecule has 1 aliphatic heterocycles. The predicted molar refractivity (Wildman–Crippen MR) is 48.3 cm³/mol. The fraction of sp³-hybridized carbons (Fsp3) is 1.00. The zero-order chi connectivity index (χ0) is 8.81. The molecule has 1 atom stereocenters. The van der Waals surface area contributed by atoms with E-state index in [1.807, 2.05) is 13.8 Å². The van der Waals surface area contributed by atoms with Gasteiger partial charge in [0.2, 0.25) is 0 Å². The van der Waals surface area contributed by atoms with Crippen molar-refractivity contribution >= 4 is 0 Å². The van der Waals surface area contributed by atoms with Gasteiger partial charge in [0, 0.05) is 13.2 Å². The van der Waals surface area contributed by atoms with Gasteiger partial charge >= 0.3 is 0 Å². The largest absolute Gasteiger partial charge is 0.376 e. The van der Waals surface area contributed by atoms with E-state index in [0.717, 1.165) is 26.1 Å². The van der Waals surface area contributed by atoms with Crippen LogP contribution in [0.3, 0.4) is 0 Å². The highest BCUT2D eigenvalue weighted by molar-refractivity contribution is 4.65. The summed E-state index contributed by atoms with van der Waals surface area (Å²) in [4.78, 5) is 0. The second kappa shape index (κ2) is 5.51. The number of ether oxygens (including phenoxy) is 2. The second-order valence-electron chi connectivity index (χ2n) is 3.43. The normalized spacial score (nSPS) is 25.8. The van der Waals surface area contributed by atoms with Gasteiger partial charge in [-0.1, -0.05) is 0 Å². The molecule has 0 aromatic rings. The van der Waals surface area contributed by atoms with E-state index in [9.17, 15) is 0 Å². The molecule has 0 aliphatic carbocycles. The molecule has 1 heterocycles. The zero-order valence-electron chi connectivity index (χ0n) is 8.01. The lowest BCUT2D eigenvalue weighted by Crippen LogP contribution is -2.31. The molecule has 0 aromatic heterocycles. The van der Waals surface area contributed by atoms with Gasteiger partial charge in [0.25, 0.3) is 0 Å². The van der Waals surface area contributed by atoms with Gasteiger partial charge in [-0.3, -0.25) is 0 Å². The first kappa shape index (κ1) is 9.96. The maximum absolute atomic E-state index is 5.57. The Morgan fingerprint density at radius 3 is 3.17 bits per heavy atom. The van der Waals surface area contributed by atoms with E-state index in [0.29, 0.717) is 12.7 Å². The summed E-state index contributed by atoms with van der Waals surface area (Å²) >= 11 is 0. The molecule has 0 amide bonds. The van der Waals surface area contributed by atoms with Crippen molar-refractivity contribution in [3.8, 4) is 0 Å². The molecule has 3 nitrogen and oxygen atoms in total. The van der Waals surface area contributed by atoms with E-state index in [2.05, 4.69) is 5.32 Å². The minimum absolute atomic E-state index is 0.245. The van der Waals surface area contributed by atoms with E-state index < -0.39 is 0 Å². The van der Waals surface area contributed by atoms with Gasteiger partial charge in [0.1, 0.15) is 0 Å².